The summed E-state index contributed by atoms with van der Waals surface area (Å²) in [6.07, 6.45) is 0.706. The molecule has 0 bridgehead atoms. The van der Waals surface area contributed by atoms with Gasteiger partial charge in [-0.15, -0.1) is 14.1 Å². The van der Waals surface area contributed by atoms with Crippen molar-refractivity contribution >= 4 is 40.6 Å². The third kappa shape index (κ3) is 10.1. The maximum Gasteiger partial charge on any atom is 0.697 e. The van der Waals surface area contributed by atoms with Crippen LogP contribution in [0.4, 0.5) is 0 Å². The minimum absolute atomic E-state index is 0.0193. The number of hydrogen-bond donors (Lipinski definition) is 1. The van der Waals surface area contributed by atoms with E-state index in [2.05, 4.69) is 76.0 Å². The second kappa shape index (κ2) is 22.3. The summed E-state index contributed by atoms with van der Waals surface area (Å²) in [6.45, 7) is 7.48. The highest BCUT2D eigenvalue weighted by molar-refractivity contribution is 7.33. The van der Waals surface area contributed by atoms with Crippen LogP contribution in [0.15, 0.2) is 162 Å². The third-order valence-corrected chi connectivity index (χ3v) is 15.2. The van der Waals surface area contributed by atoms with E-state index in [1.807, 2.05) is 111 Å². The molecule has 17 heteroatoms. The molecule has 3 heterocycles. The molecule has 0 aliphatic carbocycles. The molecule has 4 unspecified atom stereocenters. The summed E-state index contributed by atoms with van der Waals surface area (Å²) in [5.41, 5.74) is 1.36. The number of aryl methyl sites for hydroxylation is 2. The van der Waals surface area contributed by atoms with E-state index < -0.39 is 55.6 Å². The number of H-pyrrole nitrogens is 1. The number of nitriles is 1. The van der Waals surface area contributed by atoms with Gasteiger partial charge in [0.25, 0.3) is 5.56 Å². The Morgan fingerprint density at radius 3 is 2.00 bits per heavy atom. The lowest BCUT2D eigenvalue weighted by atomic mass is 9.80. The smallest absolute Gasteiger partial charge is 0.497 e. The van der Waals surface area contributed by atoms with Crippen molar-refractivity contribution in [1.29, 1.82) is 5.26 Å². The van der Waals surface area contributed by atoms with E-state index in [0.29, 0.717) is 30.0 Å². The number of hydrogen-bond acceptors (Lipinski definition) is 13. The average molecular weight is 1040 g/mol. The molecule has 0 saturated carbocycles. The Balaban J connectivity index is 1.05. The van der Waals surface area contributed by atoms with E-state index in [-0.39, 0.29) is 25.3 Å². The highest BCUT2D eigenvalue weighted by atomic mass is 31.1. The van der Waals surface area contributed by atoms with Crippen molar-refractivity contribution in [3.05, 3.63) is 201 Å². The van der Waals surface area contributed by atoms with Gasteiger partial charge < -0.3 is 18.9 Å². The van der Waals surface area contributed by atoms with Crippen LogP contribution in [0.1, 0.15) is 67.9 Å². The molecule has 1 fully saturated rings. The van der Waals surface area contributed by atoms with Gasteiger partial charge in [-0.05, 0) is 119 Å². The number of aromatic amines is 1. The van der Waals surface area contributed by atoms with Crippen molar-refractivity contribution in [3.8, 4) is 17.6 Å². The molecule has 2 aromatic heterocycles. The number of rotatable bonds is 21. The van der Waals surface area contributed by atoms with Crippen molar-refractivity contribution < 1.29 is 32.6 Å². The third-order valence-electron chi connectivity index (χ3n) is 14.5. The highest BCUT2D eigenvalue weighted by Gasteiger charge is 2.54. The van der Waals surface area contributed by atoms with E-state index >= 15 is 0 Å². The maximum atomic E-state index is 14.4. The van der Waals surface area contributed by atoms with E-state index in [1.54, 1.807) is 25.1 Å². The molecular weight excluding hydrogens is 982 g/mol. The standard InChI is InChI=1S/C59H58N7O9P/c1-37(2)66(38(3)4)47(33-60)35-73-76(69)75-56-51(36-72-59(43-13-8-7-9-14-43,44-21-26-48(70-5)27-22-44)45-23-28-49(71-6)29-24-45)74-57(64-32-31-52(67)61-58(64)68)55(56)65-34-46(62-63-65)25-19-39-15-16-42-18-17-40-11-10-12-41-20-30-50(39)54(42)53(40)41/h7-18,20-24,26-32,34,37-38,47,51,55-57H,19,25,35-36H2,1-6H3/p+1/t47?,51-,55?,56?,57-/m0/s1. The quantitative estimate of drug-likeness (QED) is 0.0408. The van der Waals surface area contributed by atoms with Crippen LogP contribution in [0.5, 0.6) is 11.5 Å². The Bertz CT molecular complexity index is 3560. The second-order valence-electron chi connectivity index (χ2n) is 19.5. The molecule has 388 valence electrons. The van der Waals surface area contributed by atoms with Gasteiger partial charge in [0, 0.05) is 35.1 Å². The van der Waals surface area contributed by atoms with Gasteiger partial charge in [-0.25, -0.2) is 9.48 Å². The molecule has 16 nitrogen and oxygen atoms in total. The van der Waals surface area contributed by atoms with Gasteiger partial charge in [0.2, 0.25) is 0 Å². The molecule has 0 spiro atoms. The van der Waals surface area contributed by atoms with E-state index in [9.17, 15) is 19.4 Å². The normalized spacial score (nSPS) is 17.6. The van der Waals surface area contributed by atoms with E-state index in [0.717, 1.165) is 27.6 Å². The van der Waals surface area contributed by atoms with Gasteiger partial charge in [0.1, 0.15) is 41.9 Å². The molecule has 76 heavy (non-hydrogen) atoms. The molecule has 0 radical (unpaired) electrons. The van der Waals surface area contributed by atoms with Crippen LogP contribution in [-0.2, 0) is 41.5 Å². The Hall–Kier alpha value is -7.61. The summed E-state index contributed by atoms with van der Waals surface area (Å²) >= 11 is 0. The van der Waals surface area contributed by atoms with Crippen LogP contribution in [0.25, 0.3) is 32.3 Å². The van der Waals surface area contributed by atoms with Gasteiger partial charge in [-0.1, -0.05) is 114 Å². The van der Waals surface area contributed by atoms with Gasteiger partial charge in [-0.2, -0.15) is 5.26 Å². The summed E-state index contributed by atoms with van der Waals surface area (Å²) in [7, 11) is 0.219. The number of nitrogens with one attached hydrogen (secondary N) is 1. The fraction of sp³-hybridized carbons (Fsp3) is 0.305. The minimum atomic E-state index is -2.98. The molecule has 1 saturated heterocycles. The molecule has 10 rings (SSSR count). The van der Waals surface area contributed by atoms with Gasteiger partial charge in [0.05, 0.1) is 32.6 Å². The summed E-state index contributed by atoms with van der Waals surface area (Å²) in [5.74, 6) is 1.28. The molecule has 9 aromatic rings. The zero-order valence-electron chi connectivity index (χ0n) is 43.1. The summed E-state index contributed by atoms with van der Waals surface area (Å²) in [6, 6.07) is 45.9. The lowest BCUT2D eigenvalue weighted by molar-refractivity contribution is -0.0927. The van der Waals surface area contributed by atoms with Crippen LogP contribution in [0.2, 0.25) is 0 Å². The van der Waals surface area contributed by atoms with Crippen molar-refractivity contribution in [2.45, 2.75) is 88.7 Å². The zero-order valence-corrected chi connectivity index (χ0v) is 44.0. The monoisotopic (exact) mass is 1040 g/mol. The van der Waals surface area contributed by atoms with Crippen molar-refractivity contribution in [1.82, 2.24) is 29.4 Å². The number of aromatic nitrogens is 5. The molecular formula is C59H59N7O9P+. The van der Waals surface area contributed by atoms with E-state index in [4.69, 9.17) is 28.0 Å². The van der Waals surface area contributed by atoms with Gasteiger partial charge in [-0.3, -0.25) is 19.2 Å². The van der Waals surface area contributed by atoms with Crippen LogP contribution in [0, 0.1) is 11.3 Å². The summed E-state index contributed by atoms with van der Waals surface area (Å²) in [5, 5.41) is 26.8. The lowest BCUT2D eigenvalue weighted by Crippen LogP contribution is -2.46. The first-order valence-corrected chi connectivity index (χ1v) is 26.5. The Kier molecular flexibility index (Phi) is 15.2. The maximum absolute atomic E-state index is 14.4. The Morgan fingerprint density at radius 2 is 1.38 bits per heavy atom. The van der Waals surface area contributed by atoms with Gasteiger partial charge >= 0.3 is 13.9 Å². The predicted octanol–water partition coefficient (Wildman–Crippen LogP) is 10.0. The fourth-order valence-corrected chi connectivity index (χ4v) is 11.8. The zero-order chi connectivity index (χ0) is 53.1. The van der Waals surface area contributed by atoms with Crippen molar-refractivity contribution in [2.24, 2.45) is 0 Å². The largest absolute Gasteiger partial charge is 0.697 e. The number of ether oxygens (including phenoxy) is 4. The van der Waals surface area contributed by atoms with Crippen LogP contribution in [-0.4, -0.2) is 87.2 Å². The minimum Gasteiger partial charge on any atom is -0.497 e. The SMILES string of the molecule is COc1ccc(C(OC[C@@H]2O[C@H](n3ccc(=O)[nH]c3=O)C(n3cc(CCc4ccc5ccc6cccc7ccc4c5c67)nn3)C2O[P+](=O)OCC(C#N)N(C(C)C)C(C)C)(c2ccccc2)c2ccc(OC)cc2)cc1. The second-order valence-corrected chi connectivity index (χ2v) is 20.4. The Labute approximate surface area is 440 Å². The lowest BCUT2D eigenvalue weighted by Gasteiger charge is -2.37. The highest BCUT2D eigenvalue weighted by Crippen LogP contribution is 2.47. The molecule has 7 aromatic carbocycles. The van der Waals surface area contributed by atoms with Crippen LogP contribution in [0.3, 0.4) is 0 Å². The van der Waals surface area contributed by atoms with Crippen molar-refractivity contribution in [3.63, 3.8) is 0 Å². The molecule has 1 aliphatic rings. The molecule has 1 aliphatic heterocycles. The summed E-state index contributed by atoms with van der Waals surface area (Å²) < 4.78 is 55.2. The number of methoxy groups -OCH3 is 2. The summed E-state index contributed by atoms with van der Waals surface area (Å²) in [4.78, 5) is 30.8. The molecule has 1 N–H and O–H groups in total. The Morgan fingerprint density at radius 1 is 0.763 bits per heavy atom. The predicted molar refractivity (Wildman–Crippen MR) is 290 cm³/mol. The first-order valence-electron chi connectivity index (χ1n) is 25.4. The first kappa shape index (κ1) is 51.9. The molecule has 6 atom stereocenters. The molecule has 0 amide bonds. The first-order chi connectivity index (χ1) is 36.9. The van der Waals surface area contributed by atoms with Crippen molar-refractivity contribution in [2.75, 3.05) is 27.4 Å². The van der Waals surface area contributed by atoms with Gasteiger partial charge in [0.15, 0.2) is 12.3 Å². The topological polar surface area (TPSA) is 185 Å². The fourth-order valence-electron chi connectivity index (χ4n) is 11.0. The average Bonchev–Trinajstić information content (AvgIpc) is 4.08. The van der Waals surface area contributed by atoms with Crippen LogP contribution < -0.4 is 20.7 Å². The number of nitrogens with zero attached hydrogens (tertiary/aromatic N) is 6. The van der Waals surface area contributed by atoms with Crippen LogP contribution >= 0.6 is 8.25 Å². The van der Waals surface area contributed by atoms with E-state index in [1.165, 1.54) is 43.8 Å². The number of benzene rings is 7.